The van der Waals surface area contributed by atoms with E-state index in [1.807, 2.05) is 42.5 Å². The fourth-order valence-electron chi connectivity index (χ4n) is 5.49. The van der Waals surface area contributed by atoms with Gasteiger partial charge in [0.2, 0.25) is 12.5 Å². The number of nitrogens with zero attached hydrogens (tertiary/aromatic N) is 1. The maximum Gasteiger partial charge on any atom is 0.310 e. The fourth-order valence-corrected chi connectivity index (χ4v) is 6.78. The Labute approximate surface area is 212 Å². The van der Waals surface area contributed by atoms with Crippen LogP contribution in [0.15, 0.2) is 53.7 Å². The van der Waals surface area contributed by atoms with Gasteiger partial charge in [-0.05, 0) is 53.1 Å². The third-order valence-electron chi connectivity index (χ3n) is 7.05. The van der Waals surface area contributed by atoms with E-state index in [4.69, 9.17) is 28.4 Å². The molecule has 0 bridgehead atoms. The molecule has 1 aliphatic carbocycles. The molecule has 4 atom stereocenters. The predicted octanol–water partition coefficient (Wildman–Crippen LogP) is 4.60. The Morgan fingerprint density at radius 2 is 1.64 bits per heavy atom. The molecule has 1 saturated heterocycles. The molecule has 36 heavy (non-hydrogen) atoms. The van der Waals surface area contributed by atoms with E-state index in [-0.39, 0.29) is 29.8 Å². The van der Waals surface area contributed by atoms with Gasteiger partial charge < -0.3 is 28.4 Å². The molecule has 3 aromatic rings. The van der Waals surface area contributed by atoms with E-state index in [0.29, 0.717) is 35.4 Å². The van der Waals surface area contributed by atoms with Gasteiger partial charge in [-0.3, -0.25) is 4.79 Å². The molecule has 1 aromatic heterocycles. The van der Waals surface area contributed by atoms with Gasteiger partial charge in [0, 0.05) is 23.3 Å². The first-order chi connectivity index (χ1) is 17.6. The summed E-state index contributed by atoms with van der Waals surface area (Å²) in [6, 6.07) is 13.7. The smallest absolute Gasteiger partial charge is 0.310 e. The van der Waals surface area contributed by atoms with Crippen LogP contribution < -0.4 is 23.7 Å². The molecule has 1 fully saturated rings. The van der Waals surface area contributed by atoms with Crippen LogP contribution in [0, 0.1) is 11.8 Å². The van der Waals surface area contributed by atoms with E-state index >= 15 is 0 Å². The molecule has 0 N–H and O–H groups in total. The second-order valence-electron chi connectivity index (χ2n) is 8.80. The molecule has 2 aromatic carbocycles. The largest absolute Gasteiger partial charge is 0.493 e. The van der Waals surface area contributed by atoms with E-state index in [1.165, 1.54) is 0 Å². The van der Waals surface area contributed by atoms with Gasteiger partial charge in [0.25, 0.3) is 0 Å². The van der Waals surface area contributed by atoms with Gasteiger partial charge in [-0.25, -0.2) is 4.98 Å². The van der Waals surface area contributed by atoms with Crippen LogP contribution >= 0.6 is 11.8 Å². The van der Waals surface area contributed by atoms with Crippen molar-refractivity contribution in [2.45, 2.75) is 16.2 Å². The van der Waals surface area contributed by atoms with E-state index in [0.717, 1.165) is 21.7 Å². The van der Waals surface area contributed by atoms with Gasteiger partial charge in [-0.1, -0.05) is 17.8 Å². The molecule has 0 saturated carbocycles. The zero-order valence-electron chi connectivity index (χ0n) is 20.1. The van der Waals surface area contributed by atoms with Crippen LogP contribution in [0.2, 0.25) is 0 Å². The molecule has 3 heterocycles. The first-order valence-corrected chi connectivity index (χ1v) is 12.5. The average molecular weight is 508 g/mol. The first-order valence-electron chi connectivity index (χ1n) is 11.6. The van der Waals surface area contributed by atoms with Crippen LogP contribution in [0.5, 0.6) is 28.7 Å². The van der Waals surface area contributed by atoms with Crippen molar-refractivity contribution in [2.24, 2.45) is 11.8 Å². The van der Waals surface area contributed by atoms with Crippen LogP contribution in [0.25, 0.3) is 0 Å². The number of rotatable bonds is 6. The summed E-state index contributed by atoms with van der Waals surface area (Å²) >= 11 is 1.64. The van der Waals surface area contributed by atoms with Crippen molar-refractivity contribution in [2.75, 3.05) is 34.7 Å². The Morgan fingerprint density at radius 1 is 0.917 bits per heavy atom. The van der Waals surface area contributed by atoms with E-state index in [9.17, 15) is 4.79 Å². The third kappa shape index (κ3) is 3.61. The van der Waals surface area contributed by atoms with Gasteiger partial charge in [-0.15, -0.1) is 0 Å². The van der Waals surface area contributed by atoms with E-state index < -0.39 is 5.92 Å². The van der Waals surface area contributed by atoms with Gasteiger partial charge in [0.15, 0.2) is 23.0 Å². The monoisotopic (exact) mass is 507 g/mol. The fraction of sp³-hybridized carbons (Fsp3) is 0.333. The number of benzene rings is 2. The predicted molar refractivity (Wildman–Crippen MR) is 131 cm³/mol. The van der Waals surface area contributed by atoms with Crippen molar-refractivity contribution >= 4 is 17.7 Å². The number of thioether (sulfide) groups is 1. The van der Waals surface area contributed by atoms with Crippen LogP contribution in [0.4, 0.5) is 0 Å². The minimum absolute atomic E-state index is 0.0564. The van der Waals surface area contributed by atoms with Crippen LogP contribution in [-0.2, 0) is 9.53 Å². The Hall–Kier alpha value is -3.59. The molecule has 2 aliphatic heterocycles. The SMILES string of the molecule is COc1cc([C@@H]2c3cc4c(cc3[C@@H](Sc3ccccn3)[C@H]3COC(=O)[C@H]23)OCO4)cc(OC)c1OC. The van der Waals surface area contributed by atoms with Crippen molar-refractivity contribution < 1.29 is 33.2 Å². The summed E-state index contributed by atoms with van der Waals surface area (Å²) in [5.74, 6) is 1.94. The molecule has 0 spiro atoms. The number of aromatic nitrogens is 1. The quantitative estimate of drug-likeness (QED) is 0.444. The molecule has 3 aliphatic rings. The number of carbonyl (C=O) groups excluding carboxylic acids is 1. The molecule has 0 radical (unpaired) electrons. The molecule has 186 valence electrons. The summed E-state index contributed by atoms with van der Waals surface area (Å²) in [6.45, 7) is 0.503. The summed E-state index contributed by atoms with van der Waals surface area (Å²) in [6.07, 6.45) is 1.78. The zero-order valence-corrected chi connectivity index (χ0v) is 20.9. The lowest BCUT2D eigenvalue weighted by Crippen LogP contribution is -2.33. The van der Waals surface area contributed by atoms with Crippen molar-refractivity contribution in [3.05, 3.63) is 65.4 Å². The number of hydrogen-bond donors (Lipinski definition) is 0. The van der Waals surface area contributed by atoms with E-state index in [1.54, 1.807) is 39.3 Å². The summed E-state index contributed by atoms with van der Waals surface area (Å²) in [5.41, 5.74) is 2.94. The number of methoxy groups -OCH3 is 3. The van der Waals surface area contributed by atoms with Crippen LogP contribution in [0.1, 0.15) is 27.9 Å². The van der Waals surface area contributed by atoms with Gasteiger partial charge in [-0.2, -0.15) is 0 Å². The first kappa shape index (κ1) is 22.8. The highest BCUT2D eigenvalue weighted by molar-refractivity contribution is 7.99. The highest BCUT2D eigenvalue weighted by atomic mass is 32.2. The molecule has 0 amide bonds. The highest BCUT2D eigenvalue weighted by Gasteiger charge is 2.53. The van der Waals surface area contributed by atoms with Crippen molar-refractivity contribution in [1.82, 2.24) is 4.98 Å². The summed E-state index contributed by atoms with van der Waals surface area (Å²) in [5, 5.41) is 0.828. The van der Waals surface area contributed by atoms with Crippen molar-refractivity contribution in [1.29, 1.82) is 0 Å². The number of ether oxygens (including phenoxy) is 6. The third-order valence-corrected chi connectivity index (χ3v) is 8.39. The molecule has 6 rings (SSSR count). The van der Waals surface area contributed by atoms with E-state index in [2.05, 4.69) is 4.98 Å². The molecule has 9 heteroatoms. The maximum atomic E-state index is 13.3. The molecular weight excluding hydrogens is 482 g/mol. The lowest BCUT2D eigenvalue weighted by Gasteiger charge is -2.38. The van der Waals surface area contributed by atoms with Crippen LogP contribution in [-0.4, -0.2) is 45.7 Å². The lowest BCUT2D eigenvalue weighted by atomic mass is 9.67. The van der Waals surface area contributed by atoms with Crippen molar-refractivity contribution in [3.8, 4) is 28.7 Å². The number of hydrogen-bond acceptors (Lipinski definition) is 9. The second-order valence-corrected chi connectivity index (χ2v) is 9.96. The molecular formula is C27H25NO7S. The molecule has 8 nitrogen and oxygen atoms in total. The second kappa shape index (κ2) is 9.13. The lowest BCUT2D eigenvalue weighted by molar-refractivity contribution is -0.141. The average Bonchev–Trinajstić information content (AvgIpc) is 3.53. The highest BCUT2D eigenvalue weighted by Crippen LogP contribution is 2.59. The Bertz CT molecular complexity index is 1290. The van der Waals surface area contributed by atoms with Crippen LogP contribution in [0.3, 0.4) is 0 Å². The van der Waals surface area contributed by atoms with Crippen molar-refractivity contribution in [3.63, 3.8) is 0 Å². The Morgan fingerprint density at radius 3 is 2.28 bits per heavy atom. The van der Waals surface area contributed by atoms with Gasteiger partial charge in [0.1, 0.15) is 0 Å². The number of carbonyl (C=O) groups is 1. The standard InChI is InChI=1S/C27H25NO7S/c1-30-20-8-14(9-21(31-2)25(20)32-3)23-15-10-18-19(35-13-34-18)11-16(15)26(17-12-33-27(29)24(17)23)36-22-6-4-5-7-28-22/h4-11,17,23-24,26H,12-13H2,1-3H3/t17-,23+,24-,26+/m0/s1. The Balaban J connectivity index is 1.56. The summed E-state index contributed by atoms with van der Waals surface area (Å²) in [7, 11) is 4.74. The summed E-state index contributed by atoms with van der Waals surface area (Å²) in [4.78, 5) is 17.8. The number of pyridine rings is 1. The maximum absolute atomic E-state index is 13.3. The minimum atomic E-state index is -0.401. The number of esters is 1. The normalized spacial score (nSPS) is 23.5. The number of cyclic esters (lactones) is 1. The van der Waals surface area contributed by atoms with Gasteiger partial charge in [0.05, 0.1) is 38.9 Å². The topological polar surface area (TPSA) is 85.3 Å². The molecule has 0 unspecified atom stereocenters. The number of fused-ring (bicyclic) bond motifs is 3. The van der Waals surface area contributed by atoms with Gasteiger partial charge >= 0.3 is 5.97 Å². The Kier molecular flexibility index (Phi) is 5.79. The summed E-state index contributed by atoms with van der Waals surface area (Å²) < 4.78 is 34.0. The zero-order chi connectivity index (χ0) is 24.8. The minimum Gasteiger partial charge on any atom is -0.493 e.